The van der Waals surface area contributed by atoms with E-state index < -0.39 is 10.8 Å². The van der Waals surface area contributed by atoms with E-state index in [-0.39, 0.29) is 59.9 Å². The van der Waals surface area contributed by atoms with Crippen LogP contribution < -0.4 is 4.74 Å². The van der Waals surface area contributed by atoms with Crippen molar-refractivity contribution in [2.45, 2.75) is 76.3 Å². The molecule has 2 aliphatic carbocycles. The van der Waals surface area contributed by atoms with E-state index in [9.17, 15) is 19.5 Å². The number of aromatic nitrogens is 2. The number of nitrogens with one attached hydrogen (secondary N) is 2. The summed E-state index contributed by atoms with van der Waals surface area (Å²) in [6.07, 6.45) is 5.45. The number of allylic oxidation sites excluding steroid dienone is 1. The molecule has 0 radical (unpaired) electrons. The van der Waals surface area contributed by atoms with E-state index in [0.717, 1.165) is 87.1 Å². The third-order valence-electron chi connectivity index (χ3n) is 14.8. The van der Waals surface area contributed by atoms with Crippen LogP contribution in [0.5, 0.6) is 5.75 Å². The average Bonchev–Trinajstić information content (AvgIpc) is 3.71. The maximum atomic E-state index is 14.4. The summed E-state index contributed by atoms with van der Waals surface area (Å²) in [6.45, 7) is 7.46. The number of fused-ring (bicyclic) bond motifs is 9. The molecule has 2 aromatic carbocycles. The Hall–Kier alpha value is -4.25. The normalized spacial score (nSPS) is 33.8. The SMILES string of the molecule is C/C=C1/CN(C)[C@H]2Cc3c([nH]c4ccccc34)[C@@H](c3c(OC)ccc4c5c([nH]c34)[C@]3(C(=O)OC)C[C@@H]4C[C@H](C(C)=O)[C@@H]3N(CC5)C4)C[C@H]1C2(CO)C(C)=O. The highest BCUT2D eigenvalue weighted by Gasteiger charge is 2.64. The number of Topliss-reactive ketones (excluding diaryl/α,β-unsaturated/α-hetero) is 2. The smallest absolute Gasteiger partial charge is 0.319 e. The first-order chi connectivity index (χ1) is 26.0. The maximum Gasteiger partial charge on any atom is 0.319 e. The molecule has 0 spiro atoms. The molecule has 10 heteroatoms. The Balaban J connectivity index is 1.34. The number of likely N-dealkylation sites (tertiary alicyclic amines) is 1. The lowest BCUT2D eigenvalue weighted by Crippen LogP contribution is -2.68. The number of ketones is 2. The van der Waals surface area contributed by atoms with Crippen molar-refractivity contribution in [3.8, 4) is 5.75 Å². The summed E-state index contributed by atoms with van der Waals surface area (Å²) in [5, 5.41) is 13.6. The Labute approximate surface area is 316 Å². The van der Waals surface area contributed by atoms with Gasteiger partial charge in [0.2, 0.25) is 0 Å². The summed E-state index contributed by atoms with van der Waals surface area (Å²) >= 11 is 0. The number of aromatic amines is 2. The number of carbonyl (C=O) groups is 3. The Morgan fingerprint density at radius 3 is 2.54 bits per heavy atom. The average molecular weight is 733 g/mol. The highest BCUT2D eigenvalue weighted by Crippen LogP contribution is 2.58. The zero-order valence-electron chi connectivity index (χ0n) is 32.3. The molecule has 9 atom stereocenters. The molecule has 54 heavy (non-hydrogen) atoms. The number of hydrogen-bond donors (Lipinski definition) is 3. The molecule has 1 saturated carbocycles. The first-order valence-corrected chi connectivity index (χ1v) is 19.6. The van der Waals surface area contributed by atoms with Gasteiger partial charge in [0.05, 0.1) is 31.8 Å². The summed E-state index contributed by atoms with van der Waals surface area (Å²) in [5.41, 5.74) is 6.23. The maximum absolute atomic E-state index is 14.4. The van der Waals surface area contributed by atoms with Gasteiger partial charge < -0.3 is 24.5 Å². The fourth-order valence-corrected chi connectivity index (χ4v) is 12.6. The summed E-state index contributed by atoms with van der Waals surface area (Å²) in [4.78, 5) is 54.3. The summed E-state index contributed by atoms with van der Waals surface area (Å²) < 4.78 is 12.0. The molecule has 6 aliphatic rings. The number of aliphatic hydroxyl groups is 1. The molecule has 0 amide bonds. The van der Waals surface area contributed by atoms with Crippen molar-refractivity contribution in [3.05, 3.63) is 76.1 Å². The zero-order valence-corrected chi connectivity index (χ0v) is 32.3. The molecule has 4 fully saturated rings. The van der Waals surface area contributed by atoms with E-state index in [4.69, 9.17) is 9.47 Å². The first kappa shape index (κ1) is 35.5. The molecule has 2 unspecified atom stereocenters. The third kappa shape index (κ3) is 4.59. The van der Waals surface area contributed by atoms with Gasteiger partial charge in [-0.2, -0.15) is 0 Å². The van der Waals surface area contributed by atoms with Crippen LogP contribution in [0.1, 0.15) is 74.0 Å². The van der Waals surface area contributed by atoms with Crippen LogP contribution in [0.25, 0.3) is 21.8 Å². The molecule has 3 N–H and O–H groups in total. The summed E-state index contributed by atoms with van der Waals surface area (Å²) in [5.74, 6) is 0.00960. The van der Waals surface area contributed by atoms with Gasteiger partial charge in [-0.15, -0.1) is 0 Å². The quantitative estimate of drug-likeness (QED) is 0.177. The second kappa shape index (κ2) is 12.6. The van der Waals surface area contributed by atoms with Crippen LogP contribution in [-0.4, -0.2) is 102 Å². The Morgan fingerprint density at radius 1 is 1.04 bits per heavy atom. The number of likely N-dealkylation sites (N-methyl/N-ethyl adjacent to an activating group) is 1. The van der Waals surface area contributed by atoms with Gasteiger partial charge in [-0.3, -0.25) is 24.2 Å². The van der Waals surface area contributed by atoms with Gasteiger partial charge >= 0.3 is 5.97 Å². The van der Waals surface area contributed by atoms with Crippen molar-refractivity contribution in [1.82, 2.24) is 19.8 Å². The number of esters is 1. The number of H-pyrrole nitrogens is 2. The highest BCUT2D eigenvalue weighted by molar-refractivity contribution is 5.96. The predicted octanol–water partition coefficient (Wildman–Crippen LogP) is 5.45. The monoisotopic (exact) mass is 732 g/mol. The van der Waals surface area contributed by atoms with Crippen LogP contribution in [0.15, 0.2) is 48.0 Å². The fraction of sp³-hybridized carbons (Fsp3) is 0.523. The second-order valence-corrected chi connectivity index (χ2v) is 16.9. The number of benzene rings is 2. The summed E-state index contributed by atoms with van der Waals surface area (Å²) in [7, 11) is 5.25. The van der Waals surface area contributed by atoms with Crippen LogP contribution in [0, 0.1) is 23.2 Å². The molecule has 284 valence electrons. The van der Waals surface area contributed by atoms with E-state index in [1.165, 1.54) is 7.11 Å². The Kier molecular flexibility index (Phi) is 8.30. The number of ether oxygens (including phenoxy) is 2. The lowest BCUT2D eigenvalue weighted by atomic mass is 9.56. The number of rotatable bonds is 6. The third-order valence-corrected chi connectivity index (χ3v) is 14.8. The molecule has 10 nitrogen and oxygen atoms in total. The number of nitrogens with zero attached hydrogens (tertiary/aromatic N) is 2. The molecule has 2 aromatic heterocycles. The fourth-order valence-electron chi connectivity index (χ4n) is 12.6. The lowest BCUT2D eigenvalue weighted by Gasteiger charge is -2.57. The van der Waals surface area contributed by atoms with E-state index in [1.807, 2.05) is 13.0 Å². The number of piperidine rings is 3. The molecule has 3 saturated heterocycles. The Morgan fingerprint density at radius 2 is 1.83 bits per heavy atom. The second-order valence-electron chi connectivity index (χ2n) is 16.9. The number of methoxy groups -OCH3 is 2. The topological polar surface area (TPSA) is 128 Å². The first-order valence-electron chi connectivity index (χ1n) is 19.6. The lowest BCUT2D eigenvalue weighted by molar-refractivity contribution is -0.164. The van der Waals surface area contributed by atoms with Gasteiger partial charge in [0.1, 0.15) is 22.7 Å². The number of carbonyl (C=O) groups excluding carboxylic acids is 3. The Bertz CT molecular complexity index is 2250. The minimum absolute atomic E-state index is 0.00153. The summed E-state index contributed by atoms with van der Waals surface area (Å²) in [6, 6.07) is 12.0. The minimum Gasteiger partial charge on any atom is -0.496 e. The van der Waals surface area contributed by atoms with Gasteiger partial charge in [0.25, 0.3) is 0 Å². The van der Waals surface area contributed by atoms with Gasteiger partial charge in [-0.1, -0.05) is 29.8 Å². The minimum atomic E-state index is -1.02. The number of hydrogen-bond acceptors (Lipinski definition) is 8. The molecular weight excluding hydrogens is 681 g/mol. The van der Waals surface area contributed by atoms with Crippen LogP contribution >= 0.6 is 0 Å². The van der Waals surface area contributed by atoms with Gasteiger partial charge in [-0.05, 0) is 101 Å². The highest BCUT2D eigenvalue weighted by atomic mass is 16.5. The van der Waals surface area contributed by atoms with Crippen molar-refractivity contribution < 1.29 is 29.0 Å². The van der Waals surface area contributed by atoms with Crippen LogP contribution in [0.3, 0.4) is 0 Å². The van der Waals surface area contributed by atoms with Crippen molar-refractivity contribution in [2.75, 3.05) is 47.5 Å². The van der Waals surface area contributed by atoms with Crippen molar-refractivity contribution in [3.63, 3.8) is 0 Å². The van der Waals surface area contributed by atoms with Crippen molar-refractivity contribution >= 4 is 39.3 Å². The van der Waals surface area contributed by atoms with E-state index >= 15 is 0 Å². The molecular formula is C44H52N4O6. The molecule has 6 heterocycles. The number of para-hydroxylation sites is 1. The van der Waals surface area contributed by atoms with E-state index in [0.29, 0.717) is 25.8 Å². The van der Waals surface area contributed by atoms with Crippen molar-refractivity contribution in [1.29, 1.82) is 0 Å². The van der Waals surface area contributed by atoms with Crippen LogP contribution in [0.2, 0.25) is 0 Å². The van der Waals surface area contributed by atoms with Gasteiger partial charge in [0, 0.05) is 76.8 Å². The van der Waals surface area contributed by atoms with Gasteiger partial charge in [-0.25, -0.2) is 0 Å². The number of aliphatic hydroxyl groups excluding tert-OH is 1. The van der Waals surface area contributed by atoms with E-state index in [1.54, 1.807) is 21.0 Å². The van der Waals surface area contributed by atoms with Crippen molar-refractivity contribution in [2.24, 2.45) is 23.2 Å². The predicted molar refractivity (Wildman–Crippen MR) is 207 cm³/mol. The standard InChI is InChI=1S/C44H52N4O6/c1-7-26-21-47(4)36-18-31-27-10-8-9-11-34(27)45-38(31)32(17-33(26)44(36,22-49)24(3)51)37-35(53-5)13-12-28-29-14-15-48-20-25-16-30(23(2)50)41(48)43(19-25,42(52)54-6)40(29)46-39(28)37/h7-13,25,30,32-33,36,41,45-46,49H,14-22H2,1-6H3/b26-7-/t25-,30+,32+,33+,36-,41-,43+,44?/m0/s1. The van der Waals surface area contributed by atoms with Crippen LogP contribution in [0.4, 0.5) is 0 Å². The van der Waals surface area contributed by atoms with Gasteiger partial charge in [0.15, 0.2) is 0 Å². The molecule has 4 aromatic rings. The molecule has 10 rings (SSSR count). The molecule has 4 aliphatic heterocycles. The van der Waals surface area contributed by atoms with E-state index in [2.05, 4.69) is 63.2 Å². The largest absolute Gasteiger partial charge is 0.496 e. The van der Waals surface area contributed by atoms with Crippen LogP contribution in [-0.2, 0) is 37.4 Å². The zero-order chi connectivity index (χ0) is 37.8. The molecule has 6 bridgehead atoms.